The Balaban J connectivity index is -0.000000206. The van der Waals surface area contributed by atoms with Crippen molar-refractivity contribution in [1.29, 1.82) is 0 Å². The molecule has 8 rings (SSSR count). The van der Waals surface area contributed by atoms with Gasteiger partial charge in [0.1, 0.15) is 24.0 Å². The number of rotatable bonds is 0. The summed E-state index contributed by atoms with van der Waals surface area (Å²) in [6.45, 7) is 15.7. The number of aryl methyl sites for hydroxylation is 8. The van der Waals surface area contributed by atoms with Crippen LogP contribution in [0.2, 0.25) is 0 Å². The molecule has 0 atom stereocenters. The van der Waals surface area contributed by atoms with E-state index in [1.165, 1.54) is 25.3 Å². The van der Waals surface area contributed by atoms with E-state index >= 15 is 0 Å². The van der Waals surface area contributed by atoms with E-state index in [0.717, 1.165) is 45.6 Å². The molecule has 0 radical (unpaired) electrons. The minimum absolute atomic E-state index is 0. The molecule has 0 aromatic carbocycles. The average molecular weight is 969 g/mol. The van der Waals surface area contributed by atoms with Gasteiger partial charge < -0.3 is 53.0 Å². The van der Waals surface area contributed by atoms with E-state index in [0.29, 0.717) is 23.1 Å². The third-order valence-corrected chi connectivity index (χ3v) is 6.23. The van der Waals surface area contributed by atoms with E-state index in [9.17, 15) is 0 Å². The Bertz CT molecular complexity index is 2110. The first kappa shape index (κ1) is 65.0. The summed E-state index contributed by atoms with van der Waals surface area (Å²) in [5.41, 5.74) is 8.14. The second kappa shape index (κ2) is 28.4. The van der Waals surface area contributed by atoms with Crippen LogP contribution in [0.5, 0.6) is 0 Å². The van der Waals surface area contributed by atoms with Crippen LogP contribution in [0.3, 0.4) is 0 Å². The van der Waals surface area contributed by atoms with Gasteiger partial charge in [-0.15, -0.1) is 30.5 Å². The van der Waals surface area contributed by atoms with Gasteiger partial charge in [-0.05, 0) is 67.5 Å². The van der Waals surface area contributed by atoms with Crippen LogP contribution >= 0.6 is 0 Å². The third kappa shape index (κ3) is 22.3. The van der Waals surface area contributed by atoms with Gasteiger partial charge in [-0.3, -0.25) is 0 Å². The molecule has 16 N–H and O–H groups in total. The van der Waals surface area contributed by atoms with Crippen molar-refractivity contribution in [2.24, 2.45) is 0 Å². The zero-order chi connectivity index (χ0) is 40.4. The number of hydrogen-bond acceptors (Lipinski definition) is 18. The summed E-state index contributed by atoms with van der Waals surface area (Å²) in [6, 6.07) is 7.90. The largest absolute Gasteiger partial charge is 2.00 e. The van der Waals surface area contributed by atoms with Gasteiger partial charge in [0.15, 0.2) is 0 Å². The van der Waals surface area contributed by atoms with E-state index in [4.69, 9.17) is 37.3 Å². The standard InChI is InChI=1S/4C7H8N4.2ClHO4.6H2O.Zn/c4*1-5-3-6(2)11-7(10-5)8-4-9-11;2*2-1(3,4)5;;;;;;;/h4*3-4H,1-2H3;2*(H,2,3,4,5);6*1H2;/q;;;;;;;;;;;;+2/p+2. The van der Waals surface area contributed by atoms with Crippen molar-refractivity contribution in [3.8, 4) is 0 Å². The molecule has 8 aromatic heterocycles. The molecule has 0 unspecified atom stereocenters. The van der Waals surface area contributed by atoms with Gasteiger partial charge in [0, 0.05) is 34.9 Å². The third-order valence-electron chi connectivity index (χ3n) is 6.23. The van der Waals surface area contributed by atoms with E-state index in [1.54, 1.807) is 18.1 Å². The predicted molar refractivity (Wildman–Crippen MR) is 183 cm³/mol. The van der Waals surface area contributed by atoms with Crippen molar-refractivity contribution in [2.45, 2.75) is 55.4 Å². The van der Waals surface area contributed by atoms with Crippen LogP contribution in [-0.2, 0) is 41.4 Å². The molecule has 33 heteroatoms. The average Bonchev–Trinajstić information content (AvgIpc) is 3.83. The molecule has 0 aliphatic carbocycles. The smallest absolute Gasteiger partial charge is 0.457 e. The topological polar surface area (TPSA) is 554 Å². The normalized spacial score (nSPS) is 9.70. The summed E-state index contributed by atoms with van der Waals surface area (Å²) in [5, 5.41) is 16.0. The molecule has 0 saturated carbocycles. The molecule has 61 heavy (non-hydrogen) atoms. The summed E-state index contributed by atoms with van der Waals surface area (Å²) in [7, 11) is -9.89. The Morgan fingerprint density at radius 2 is 0.754 bits per heavy atom. The molecule has 8 heterocycles. The quantitative estimate of drug-likeness (QED) is 0.0773. The molecule has 8 aromatic rings. The van der Waals surface area contributed by atoms with Crippen molar-refractivity contribution in [3.63, 3.8) is 0 Å². The maximum Gasteiger partial charge on any atom is 2.00 e. The first-order valence-electron chi connectivity index (χ1n) is 14.9. The molecule has 0 amide bonds. The minimum atomic E-state index is -4.94. The second-order valence-electron chi connectivity index (χ2n) is 10.8. The SMILES string of the molecule is Cc1cc(C)[n+]2[n-]cnc2n1.Cc1cc(C)[n+]2[n-]cnc2n1.Cc1cc(C)n2ncnc2n1.Cc1cc(C)n2ncnc2n1.O.O.[O-][Cl+3]([O-])([O-])[O-].[O-][Cl+3]([O-])([O-])[O-].[OH3+].[OH3+].[OH3+].[OH3+].[Zn+2]. The van der Waals surface area contributed by atoms with E-state index in [2.05, 4.69) is 60.3 Å². The summed E-state index contributed by atoms with van der Waals surface area (Å²) in [4.78, 5) is 32.7. The molecule has 30 nitrogen and oxygen atoms in total. The van der Waals surface area contributed by atoms with Crippen molar-refractivity contribution < 1.29 is 119 Å². The molecule has 336 valence electrons. The summed E-state index contributed by atoms with van der Waals surface area (Å²) < 4.78 is 74.8. The molecule has 0 saturated heterocycles. The van der Waals surface area contributed by atoms with Gasteiger partial charge in [-0.25, -0.2) is 65.3 Å². The van der Waals surface area contributed by atoms with Crippen LogP contribution < -0.4 is 56.5 Å². The Morgan fingerprint density at radius 3 is 1.05 bits per heavy atom. The number of halogens is 2. The molecule has 0 aliphatic rings. The van der Waals surface area contributed by atoms with Gasteiger partial charge in [0.2, 0.25) is 0 Å². The number of fused-ring (bicyclic) bond motifs is 4. The fourth-order valence-electron chi connectivity index (χ4n) is 4.46. The molecule has 0 bridgehead atoms. The van der Waals surface area contributed by atoms with Crippen molar-refractivity contribution in [3.05, 3.63) is 95.1 Å². The van der Waals surface area contributed by atoms with Crippen LogP contribution in [0.1, 0.15) is 45.6 Å². The number of hydrogen-bond donors (Lipinski definition) is 0. The fourth-order valence-corrected chi connectivity index (χ4v) is 4.46. The Morgan fingerprint density at radius 1 is 0.475 bits per heavy atom. The summed E-state index contributed by atoms with van der Waals surface area (Å²) in [5.74, 6) is 2.68. The molecular formula is C28H48Cl2N16O14Zn+4. The van der Waals surface area contributed by atoms with Gasteiger partial charge in [0.25, 0.3) is 23.1 Å². The number of nitrogens with zero attached hydrogens (tertiary/aromatic N) is 16. The minimum Gasteiger partial charge on any atom is -0.457 e. The zero-order valence-electron chi connectivity index (χ0n) is 33.8. The fraction of sp³-hybridized carbons (Fsp3) is 0.286. The van der Waals surface area contributed by atoms with Crippen molar-refractivity contribution >= 4 is 23.1 Å². The Kier molecular flexibility index (Phi) is 30.2. The molecule has 0 fully saturated rings. The van der Waals surface area contributed by atoms with Crippen molar-refractivity contribution in [2.75, 3.05) is 0 Å². The Labute approximate surface area is 361 Å². The molecular weight excluding hydrogens is 921 g/mol. The predicted octanol–water partition coefficient (Wildman–Crippen LogP) is -13.8. The van der Waals surface area contributed by atoms with Crippen LogP contribution in [0, 0.1) is 75.9 Å². The summed E-state index contributed by atoms with van der Waals surface area (Å²) >= 11 is 0. The summed E-state index contributed by atoms with van der Waals surface area (Å²) in [6.07, 6.45) is 6.03. The van der Waals surface area contributed by atoms with Crippen LogP contribution in [0.15, 0.2) is 49.6 Å². The maximum atomic E-state index is 8.49. The van der Waals surface area contributed by atoms with E-state index in [1.807, 2.05) is 79.7 Å². The zero-order valence-corrected chi connectivity index (χ0v) is 38.3. The maximum absolute atomic E-state index is 8.49. The van der Waals surface area contributed by atoms with Crippen LogP contribution in [0.4, 0.5) is 0 Å². The monoisotopic (exact) mass is 966 g/mol. The Hall–Kier alpha value is -5.16. The number of aromatic nitrogens is 16. The van der Waals surface area contributed by atoms with E-state index in [-0.39, 0.29) is 52.3 Å². The second-order valence-corrected chi connectivity index (χ2v) is 12.3. The molecule has 0 aliphatic heterocycles. The van der Waals surface area contributed by atoms with Gasteiger partial charge in [0.05, 0.1) is 11.4 Å². The van der Waals surface area contributed by atoms with Gasteiger partial charge in [-0.2, -0.15) is 20.2 Å². The first-order chi connectivity index (χ1) is 25.1. The van der Waals surface area contributed by atoms with Crippen LogP contribution in [0.25, 0.3) is 23.1 Å². The van der Waals surface area contributed by atoms with E-state index < -0.39 is 20.5 Å². The molecule has 0 spiro atoms. The van der Waals surface area contributed by atoms with Gasteiger partial charge in [-0.1, -0.05) is 12.7 Å². The van der Waals surface area contributed by atoms with Crippen LogP contribution in [-0.4, -0.2) is 70.1 Å². The van der Waals surface area contributed by atoms with Gasteiger partial charge >= 0.3 is 19.5 Å². The first-order valence-corrected chi connectivity index (χ1v) is 17.4. The van der Waals surface area contributed by atoms with Crippen molar-refractivity contribution in [1.82, 2.24) is 69.3 Å².